The minimum Gasteiger partial charge on any atom is -0.461 e. The fourth-order valence-corrected chi connectivity index (χ4v) is 2.59. The SMILES string of the molecule is Cc1ccn2cc(C(=O)OCC3CSC3)nc2c1. The van der Waals surface area contributed by atoms with Gasteiger partial charge in [-0.05, 0) is 24.6 Å². The van der Waals surface area contributed by atoms with Gasteiger partial charge in [0.15, 0.2) is 5.69 Å². The van der Waals surface area contributed by atoms with Crippen molar-refractivity contribution in [2.75, 3.05) is 18.1 Å². The van der Waals surface area contributed by atoms with Crippen LogP contribution in [0.15, 0.2) is 24.5 Å². The van der Waals surface area contributed by atoms with Gasteiger partial charge in [-0.3, -0.25) is 0 Å². The van der Waals surface area contributed by atoms with Gasteiger partial charge < -0.3 is 9.14 Å². The summed E-state index contributed by atoms with van der Waals surface area (Å²) in [7, 11) is 0. The zero-order valence-electron chi connectivity index (χ0n) is 10.1. The van der Waals surface area contributed by atoms with Crippen LogP contribution >= 0.6 is 11.8 Å². The summed E-state index contributed by atoms with van der Waals surface area (Å²) in [5.74, 6) is 2.39. The summed E-state index contributed by atoms with van der Waals surface area (Å²) in [6.07, 6.45) is 3.61. The van der Waals surface area contributed by atoms with Crippen molar-refractivity contribution in [3.05, 3.63) is 35.8 Å². The van der Waals surface area contributed by atoms with E-state index in [0.717, 1.165) is 22.7 Å². The standard InChI is InChI=1S/C13H14N2O2S/c1-9-2-3-15-5-11(14-12(15)4-9)13(16)17-6-10-7-18-8-10/h2-5,10H,6-8H2,1H3. The molecule has 1 saturated heterocycles. The summed E-state index contributed by atoms with van der Waals surface area (Å²) in [5, 5.41) is 0. The molecule has 0 N–H and O–H groups in total. The Morgan fingerprint density at radius 1 is 1.61 bits per heavy atom. The number of hydrogen-bond donors (Lipinski definition) is 0. The van der Waals surface area contributed by atoms with Crippen LogP contribution in [-0.2, 0) is 4.74 Å². The van der Waals surface area contributed by atoms with Gasteiger partial charge in [0, 0.05) is 29.8 Å². The van der Waals surface area contributed by atoms with E-state index in [1.807, 2.05) is 41.4 Å². The van der Waals surface area contributed by atoms with Crippen LogP contribution in [0.2, 0.25) is 0 Å². The summed E-state index contributed by atoms with van der Waals surface area (Å²) >= 11 is 1.89. The Labute approximate surface area is 109 Å². The van der Waals surface area contributed by atoms with E-state index in [0.29, 0.717) is 18.2 Å². The van der Waals surface area contributed by atoms with Crippen LogP contribution in [-0.4, -0.2) is 33.5 Å². The molecule has 0 bridgehead atoms. The minimum absolute atomic E-state index is 0.326. The third-order valence-corrected chi connectivity index (χ3v) is 4.40. The lowest BCUT2D eigenvalue weighted by atomic mass is 10.2. The molecule has 0 aliphatic carbocycles. The first-order valence-electron chi connectivity index (χ1n) is 5.92. The second kappa shape index (κ2) is 4.65. The van der Waals surface area contributed by atoms with Crippen LogP contribution in [0.5, 0.6) is 0 Å². The van der Waals surface area contributed by atoms with Gasteiger partial charge in [-0.25, -0.2) is 9.78 Å². The van der Waals surface area contributed by atoms with Gasteiger partial charge in [0.1, 0.15) is 5.65 Å². The molecule has 4 nitrogen and oxygen atoms in total. The molecule has 0 atom stereocenters. The molecule has 3 rings (SSSR count). The molecule has 2 aromatic rings. The third-order valence-electron chi connectivity index (χ3n) is 2.98. The number of hydrogen-bond acceptors (Lipinski definition) is 4. The van der Waals surface area contributed by atoms with Gasteiger partial charge >= 0.3 is 5.97 Å². The summed E-state index contributed by atoms with van der Waals surface area (Å²) in [5.41, 5.74) is 2.29. The zero-order valence-corrected chi connectivity index (χ0v) is 10.9. The number of pyridine rings is 1. The lowest BCUT2D eigenvalue weighted by Gasteiger charge is -2.23. The highest BCUT2D eigenvalue weighted by Gasteiger charge is 2.21. The van der Waals surface area contributed by atoms with Crippen LogP contribution in [0.3, 0.4) is 0 Å². The fraction of sp³-hybridized carbons (Fsp3) is 0.385. The van der Waals surface area contributed by atoms with Gasteiger partial charge in [-0.2, -0.15) is 11.8 Å². The van der Waals surface area contributed by atoms with Gasteiger partial charge in [0.2, 0.25) is 0 Å². The average Bonchev–Trinajstić information content (AvgIpc) is 2.69. The Morgan fingerprint density at radius 2 is 2.44 bits per heavy atom. The molecule has 0 amide bonds. The summed E-state index contributed by atoms with van der Waals surface area (Å²) in [6, 6.07) is 3.93. The summed E-state index contributed by atoms with van der Waals surface area (Å²) < 4.78 is 7.10. The minimum atomic E-state index is -0.326. The number of carbonyl (C=O) groups is 1. The number of aromatic nitrogens is 2. The molecule has 1 aliphatic heterocycles. The molecule has 18 heavy (non-hydrogen) atoms. The van der Waals surface area contributed by atoms with E-state index < -0.39 is 0 Å². The second-order valence-corrected chi connectivity index (χ2v) is 5.67. The number of thioether (sulfide) groups is 1. The number of carbonyl (C=O) groups excluding carboxylic acids is 1. The maximum atomic E-state index is 11.8. The van der Waals surface area contributed by atoms with Gasteiger partial charge in [0.05, 0.1) is 6.61 Å². The van der Waals surface area contributed by atoms with Crippen molar-refractivity contribution in [2.45, 2.75) is 6.92 Å². The molecule has 5 heteroatoms. The number of rotatable bonds is 3. The molecule has 94 valence electrons. The normalized spacial score (nSPS) is 15.6. The van der Waals surface area contributed by atoms with E-state index in [4.69, 9.17) is 4.74 Å². The van der Waals surface area contributed by atoms with Gasteiger partial charge in [-0.15, -0.1) is 0 Å². The topological polar surface area (TPSA) is 43.6 Å². The van der Waals surface area contributed by atoms with E-state index in [2.05, 4.69) is 4.98 Å². The maximum absolute atomic E-state index is 11.8. The van der Waals surface area contributed by atoms with E-state index in [9.17, 15) is 4.79 Å². The van der Waals surface area contributed by atoms with Crippen molar-refractivity contribution in [1.29, 1.82) is 0 Å². The van der Waals surface area contributed by atoms with E-state index in [1.165, 1.54) is 0 Å². The Hall–Kier alpha value is -1.49. The predicted molar refractivity (Wildman–Crippen MR) is 71.0 cm³/mol. The van der Waals surface area contributed by atoms with E-state index >= 15 is 0 Å². The molecule has 0 radical (unpaired) electrons. The Morgan fingerprint density at radius 3 is 3.17 bits per heavy atom. The van der Waals surface area contributed by atoms with Crippen molar-refractivity contribution >= 4 is 23.4 Å². The largest absolute Gasteiger partial charge is 0.461 e. The lowest BCUT2D eigenvalue weighted by molar-refractivity contribution is 0.0452. The molecule has 0 saturated carbocycles. The Balaban J connectivity index is 1.74. The predicted octanol–water partition coefficient (Wildman–Crippen LogP) is 2.16. The van der Waals surface area contributed by atoms with Crippen LogP contribution in [0.4, 0.5) is 0 Å². The summed E-state index contributed by atoms with van der Waals surface area (Å²) in [4.78, 5) is 16.1. The second-order valence-electron chi connectivity index (χ2n) is 4.60. The molecule has 1 aliphatic rings. The van der Waals surface area contributed by atoms with Gasteiger partial charge in [0.25, 0.3) is 0 Å². The van der Waals surface area contributed by atoms with Gasteiger partial charge in [-0.1, -0.05) is 0 Å². The van der Waals surface area contributed by atoms with Crippen LogP contribution in [0, 0.1) is 12.8 Å². The number of aryl methyl sites for hydroxylation is 1. The molecule has 3 heterocycles. The molecular weight excluding hydrogens is 248 g/mol. The molecule has 2 aromatic heterocycles. The smallest absolute Gasteiger partial charge is 0.358 e. The molecule has 1 fully saturated rings. The van der Waals surface area contributed by atoms with Crippen LogP contribution in [0.25, 0.3) is 5.65 Å². The number of ether oxygens (including phenoxy) is 1. The first-order valence-corrected chi connectivity index (χ1v) is 7.08. The Kier molecular flexibility index (Phi) is 2.99. The highest BCUT2D eigenvalue weighted by Crippen LogP contribution is 2.24. The van der Waals surface area contributed by atoms with Crippen molar-refractivity contribution in [1.82, 2.24) is 9.38 Å². The number of fused-ring (bicyclic) bond motifs is 1. The molecule has 0 unspecified atom stereocenters. The quantitative estimate of drug-likeness (QED) is 0.795. The average molecular weight is 262 g/mol. The molecular formula is C13H14N2O2S. The highest BCUT2D eigenvalue weighted by molar-refractivity contribution is 8.00. The maximum Gasteiger partial charge on any atom is 0.358 e. The summed E-state index contributed by atoms with van der Waals surface area (Å²) in [6.45, 7) is 2.51. The van der Waals surface area contributed by atoms with Crippen molar-refractivity contribution in [2.24, 2.45) is 5.92 Å². The third kappa shape index (κ3) is 2.22. The highest BCUT2D eigenvalue weighted by atomic mass is 32.2. The van der Waals surface area contributed by atoms with E-state index in [-0.39, 0.29) is 5.97 Å². The Bertz CT molecular complexity index is 590. The fourth-order valence-electron chi connectivity index (χ4n) is 1.83. The molecule has 0 aromatic carbocycles. The number of esters is 1. The lowest BCUT2D eigenvalue weighted by Crippen LogP contribution is -2.25. The first kappa shape index (κ1) is 11.6. The molecule has 0 spiro atoms. The van der Waals surface area contributed by atoms with Crippen molar-refractivity contribution in [3.63, 3.8) is 0 Å². The number of nitrogens with zero attached hydrogens (tertiary/aromatic N) is 2. The van der Waals surface area contributed by atoms with Crippen molar-refractivity contribution < 1.29 is 9.53 Å². The van der Waals surface area contributed by atoms with Crippen molar-refractivity contribution in [3.8, 4) is 0 Å². The first-order chi connectivity index (χ1) is 8.72. The van der Waals surface area contributed by atoms with E-state index in [1.54, 1.807) is 6.20 Å². The van der Waals surface area contributed by atoms with Crippen LogP contribution < -0.4 is 0 Å². The zero-order chi connectivity index (χ0) is 12.5. The monoisotopic (exact) mass is 262 g/mol. The number of imidazole rings is 1. The van der Waals surface area contributed by atoms with Crippen LogP contribution in [0.1, 0.15) is 16.1 Å².